The monoisotopic (exact) mass is 889 g/mol. The van der Waals surface area contributed by atoms with E-state index in [0.29, 0.717) is 36.0 Å². The summed E-state index contributed by atoms with van der Waals surface area (Å²) in [5.74, 6) is 2.39. The van der Waals surface area contributed by atoms with Crippen LogP contribution in [0.4, 0.5) is 5.69 Å². The highest BCUT2D eigenvalue weighted by molar-refractivity contribution is 6.19. The number of aliphatic imine (C=N–C) groups is 3. The molecule has 5 aromatic rings. The Labute approximate surface area is 400 Å². The number of hydrogen-bond donors (Lipinski definition) is 3. The van der Waals surface area contributed by atoms with Gasteiger partial charge in [-0.3, -0.25) is 4.99 Å². The van der Waals surface area contributed by atoms with Gasteiger partial charge in [-0.15, -0.1) is 5.10 Å². The van der Waals surface area contributed by atoms with E-state index in [2.05, 4.69) is 91.9 Å². The lowest BCUT2D eigenvalue weighted by Crippen LogP contribution is -2.45. The second-order valence-electron chi connectivity index (χ2n) is 16.9. The number of anilines is 1. The summed E-state index contributed by atoms with van der Waals surface area (Å²) in [6, 6.07) is 42.4. The molecule has 0 atom stereocenters. The third-order valence-electron chi connectivity index (χ3n) is 11.9. The van der Waals surface area contributed by atoms with Crippen molar-refractivity contribution in [2.45, 2.75) is 58.9 Å². The summed E-state index contributed by atoms with van der Waals surface area (Å²) >= 11 is 0. The summed E-state index contributed by atoms with van der Waals surface area (Å²) in [6.07, 6.45) is 23.9. The molecule has 1 heterocycles. The molecule has 0 aromatic heterocycles. The lowest BCUT2D eigenvalue weighted by atomic mass is 9.91. The van der Waals surface area contributed by atoms with Gasteiger partial charge in [-0.05, 0) is 145 Å². The Morgan fingerprint density at radius 2 is 1.74 bits per heavy atom. The van der Waals surface area contributed by atoms with Gasteiger partial charge in [0.1, 0.15) is 5.84 Å². The molecule has 5 aromatic carbocycles. The Balaban J connectivity index is 1.13. The van der Waals surface area contributed by atoms with E-state index in [0.717, 1.165) is 105 Å². The molecule has 1 aliphatic heterocycles. The number of benzene rings is 5. The first-order valence-electron chi connectivity index (χ1n) is 23.0. The van der Waals surface area contributed by atoms with Crippen LogP contribution in [0.15, 0.2) is 219 Å². The van der Waals surface area contributed by atoms with Crippen LogP contribution in [-0.4, -0.2) is 29.6 Å². The quantitative estimate of drug-likeness (QED) is 0.0580. The van der Waals surface area contributed by atoms with Crippen LogP contribution < -0.4 is 16.3 Å². The Hall–Kier alpha value is -8.48. The van der Waals surface area contributed by atoms with Crippen LogP contribution in [0.2, 0.25) is 0 Å². The topological polar surface area (TPSA) is 138 Å². The molecule has 4 N–H and O–H groups in total. The first-order valence-corrected chi connectivity index (χ1v) is 23.0. The van der Waals surface area contributed by atoms with E-state index in [1.807, 2.05) is 109 Å². The van der Waals surface area contributed by atoms with Crippen molar-refractivity contribution >= 4 is 40.8 Å². The van der Waals surface area contributed by atoms with Gasteiger partial charge in [0.05, 0.1) is 23.9 Å². The predicted molar refractivity (Wildman–Crippen MR) is 284 cm³/mol. The van der Waals surface area contributed by atoms with Gasteiger partial charge in [0.15, 0.2) is 17.5 Å². The minimum atomic E-state index is 0.346. The second-order valence-corrected chi connectivity index (χ2v) is 16.9. The Morgan fingerprint density at radius 1 is 0.912 bits per heavy atom. The summed E-state index contributed by atoms with van der Waals surface area (Å²) in [4.78, 5) is 15.3. The molecular formula is C59H55N9. The molecule has 336 valence electrons. The van der Waals surface area contributed by atoms with Crippen LogP contribution in [0.1, 0.15) is 80.2 Å². The lowest BCUT2D eigenvalue weighted by molar-refractivity contribution is 0.763. The van der Waals surface area contributed by atoms with E-state index in [1.54, 1.807) is 6.08 Å². The number of nitrogens with one attached hydrogen (secondary N) is 2. The Morgan fingerprint density at radius 3 is 2.51 bits per heavy atom. The fourth-order valence-corrected chi connectivity index (χ4v) is 8.44. The van der Waals surface area contributed by atoms with Crippen molar-refractivity contribution in [2.24, 2.45) is 25.8 Å². The van der Waals surface area contributed by atoms with Crippen molar-refractivity contribution in [3.8, 4) is 28.3 Å². The number of hydrazine groups is 1. The first kappa shape index (κ1) is 46.1. The summed E-state index contributed by atoms with van der Waals surface area (Å²) in [6.45, 7) is 8.58. The van der Waals surface area contributed by atoms with E-state index in [9.17, 15) is 5.26 Å². The summed E-state index contributed by atoms with van der Waals surface area (Å²) in [5.41, 5.74) is 24.3. The minimum Gasteiger partial charge on any atom is -0.387 e. The number of amidine groups is 4. The molecule has 8 rings (SSSR count). The van der Waals surface area contributed by atoms with Crippen molar-refractivity contribution in [2.75, 3.05) is 5.01 Å². The van der Waals surface area contributed by atoms with Crippen LogP contribution in [0.25, 0.3) is 27.8 Å². The second kappa shape index (κ2) is 22.1. The van der Waals surface area contributed by atoms with E-state index in [1.165, 1.54) is 17.4 Å². The number of nitrogens with two attached hydrogens (primary N) is 1. The molecule has 0 bridgehead atoms. The SMILES string of the molecule is C=C/C=C(\C=C(/C)C1=NNN(c2ccccc2)C(C2=CCCC=C2)=N1)c1ccc(C=N)cc1-c1cccc(CN=C(N=C(N)CC2=CC(C)=CCCC2)c2cccc(-c3ccc(C#N)cc3)c2)c1. The van der Waals surface area contributed by atoms with Crippen molar-refractivity contribution in [3.63, 3.8) is 0 Å². The molecule has 9 nitrogen and oxygen atoms in total. The molecule has 0 saturated carbocycles. The summed E-state index contributed by atoms with van der Waals surface area (Å²) < 4.78 is 0. The van der Waals surface area contributed by atoms with E-state index < -0.39 is 0 Å². The fourth-order valence-electron chi connectivity index (χ4n) is 8.44. The highest BCUT2D eigenvalue weighted by Crippen LogP contribution is 2.33. The van der Waals surface area contributed by atoms with Gasteiger partial charge >= 0.3 is 0 Å². The van der Waals surface area contributed by atoms with Crippen LogP contribution in [-0.2, 0) is 6.54 Å². The fraction of sp³-hybridized carbons (Fsp3) is 0.153. The van der Waals surface area contributed by atoms with Gasteiger partial charge in [-0.2, -0.15) is 5.26 Å². The van der Waals surface area contributed by atoms with Gasteiger partial charge in [-0.1, -0.05) is 139 Å². The molecule has 0 fully saturated rings. The largest absolute Gasteiger partial charge is 0.387 e. The molecule has 2 aliphatic carbocycles. The predicted octanol–water partition coefficient (Wildman–Crippen LogP) is 13.2. The number of hydrogen-bond acceptors (Lipinski definition) is 7. The van der Waals surface area contributed by atoms with Crippen LogP contribution in [0.3, 0.4) is 0 Å². The number of allylic oxidation sites excluding steroid dienone is 9. The van der Waals surface area contributed by atoms with Crippen LogP contribution in [0.5, 0.6) is 0 Å². The van der Waals surface area contributed by atoms with Gasteiger partial charge in [0.2, 0.25) is 0 Å². The molecule has 0 spiro atoms. The Bertz CT molecular complexity index is 3070. The third kappa shape index (κ3) is 11.5. The zero-order chi connectivity index (χ0) is 47.2. The van der Waals surface area contributed by atoms with Gasteiger partial charge in [0.25, 0.3) is 0 Å². The standard InChI is InChI=1S/C59H55N9/c1-4-15-50(33-42(3)57-65-59(48-19-7-5-8-20-48)68(67-66-57)53-24-9-6-10-25-53)54-31-28-45(39-61)35-55(54)51-22-13-18-46(34-51)40-63-58(64-56(62)36-44-17-12-11-16-41(2)32-44)52-23-14-21-49(37-52)47-29-26-43(38-60)27-30-47/h4,6-7,9-10,13-16,18-35,37,39,61,67H,1,5,8,11-12,17,36,40H2,2-3H3,(H2,62,63,64)/b42-33+,50-15+,61-39?. The maximum absolute atomic E-state index is 9.39. The molecule has 0 radical (unpaired) electrons. The van der Waals surface area contributed by atoms with E-state index >= 15 is 0 Å². The van der Waals surface area contributed by atoms with Crippen molar-refractivity contribution in [1.82, 2.24) is 5.53 Å². The first-order chi connectivity index (χ1) is 33.3. The average Bonchev–Trinajstić information content (AvgIpc) is 3.60. The average molecular weight is 890 g/mol. The highest BCUT2D eigenvalue weighted by atomic mass is 15.7. The molecule has 0 unspecified atom stereocenters. The third-order valence-corrected chi connectivity index (χ3v) is 11.9. The maximum Gasteiger partial charge on any atom is 0.178 e. The zero-order valence-corrected chi connectivity index (χ0v) is 38.7. The molecule has 68 heavy (non-hydrogen) atoms. The smallest absolute Gasteiger partial charge is 0.178 e. The normalized spacial score (nSPS) is 15.7. The molecule has 0 amide bonds. The van der Waals surface area contributed by atoms with Gasteiger partial charge < -0.3 is 11.1 Å². The van der Waals surface area contributed by atoms with Crippen LogP contribution in [0, 0.1) is 16.7 Å². The van der Waals surface area contributed by atoms with Crippen molar-refractivity contribution in [1.29, 1.82) is 10.7 Å². The summed E-state index contributed by atoms with van der Waals surface area (Å²) in [5, 5.41) is 24.3. The van der Waals surface area contributed by atoms with Gasteiger partial charge in [0, 0.05) is 23.8 Å². The molecular weight excluding hydrogens is 835 g/mol. The van der Waals surface area contributed by atoms with Crippen molar-refractivity contribution in [3.05, 3.63) is 227 Å². The van der Waals surface area contributed by atoms with Gasteiger partial charge in [-0.25, -0.2) is 20.5 Å². The summed E-state index contributed by atoms with van der Waals surface area (Å²) in [7, 11) is 0. The molecule has 0 saturated heterocycles. The number of rotatable bonds is 14. The minimum absolute atomic E-state index is 0.346. The number of hydrazone groups is 1. The number of nitriles is 1. The number of nitrogens with zero attached hydrogens (tertiary/aromatic N) is 6. The van der Waals surface area contributed by atoms with E-state index in [4.69, 9.17) is 31.2 Å². The number of para-hydroxylation sites is 1. The lowest BCUT2D eigenvalue weighted by Gasteiger charge is -2.29. The van der Waals surface area contributed by atoms with Crippen LogP contribution >= 0.6 is 0 Å². The maximum atomic E-state index is 9.39. The molecule has 3 aliphatic rings. The highest BCUT2D eigenvalue weighted by Gasteiger charge is 2.23. The Kier molecular flexibility index (Phi) is 15.0. The van der Waals surface area contributed by atoms with E-state index in [-0.39, 0.29) is 0 Å². The van der Waals surface area contributed by atoms with Crippen molar-refractivity contribution < 1.29 is 0 Å². The molecule has 9 heteroatoms. The zero-order valence-electron chi connectivity index (χ0n) is 38.7.